The summed E-state index contributed by atoms with van der Waals surface area (Å²) in [4.78, 5) is 38.9. The molecule has 1 aromatic carbocycles. The van der Waals surface area contributed by atoms with Crippen molar-refractivity contribution in [3.05, 3.63) is 71.9 Å². The number of morpholine rings is 1. The number of hydrogen-bond acceptors (Lipinski definition) is 8. The predicted octanol–water partition coefficient (Wildman–Crippen LogP) is 2.54. The SMILES string of the molecule is Nc1nccn2c([C@H]3CN(C(=O)CO)CCO3)nc(-c3ccc(C(=O)Nc4cc(C(F)(F)F)ccn4)cc3)c12. The van der Waals surface area contributed by atoms with Crippen LogP contribution in [0, 0.1) is 0 Å². The van der Waals surface area contributed by atoms with E-state index in [-0.39, 0.29) is 30.4 Å². The highest BCUT2D eigenvalue weighted by Gasteiger charge is 2.31. The Morgan fingerprint density at radius 1 is 1.15 bits per heavy atom. The number of imidazole rings is 1. The standard InChI is InChI=1S/C25H22F3N7O4/c26-25(27,28)16-5-6-30-18(11-16)32-24(38)15-3-1-14(2-4-15)20-21-22(29)31-7-8-35(21)23(33-20)17-12-34(9-10-39-17)19(37)13-36/h1-8,11,17,36H,9-10,12-13H2,(H2,29,31)(H,30,32,38)/t17-/m1/s1. The van der Waals surface area contributed by atoms with Crippen molar-refractivity contribution in [1.82, 2.24) is 24.3 Å². The van der Waals surface area contributed by atoms with Gasteiger partial charge >= 0.3 is 6.18 Å². The van der Waals surface area contributed by atoms with Gasteiger partial charge in [-0.05, 0) is 24.3 Å². The number of pyridine rings is 1. The summed E-state index contributed by atoms with van der Waals surface area (Å²) in [6, 6.07) is 7.80. The van der Waals surface area contributed by atoms with Gasteiger partial charge in [-0.25, -0.2) is 15.0 Å². The molecular weight excluding hydrogens is 519 g/mol. The topological polar surface area (TPSA) is 148 Å². The van der Waals surface area contributed by atoms with Crippen molar-refractivity contribution in [1.29, 1.82) is 0 Å². The summed E-state index contributed by atoms with van der Waals surface area (Å²) in [6.45, 7) is 0.171. The van der Waals surface area contributed by atoms with E-state index in [1.165, 1.54) is 23.2 Å². The van der Waals surface area contributed by atoms with E-state index in [2.05, 4.69) is 15.3 Å². The van der Waals surface area contributed by atoms with Crippen molar-refractivity contribution in [3.63, 3.8) is 0 Å². The Kier molecular flexibility index (Phi) is 6.89. The van der Waals surface area contributed by atoms with Crippen LogP contribution in [0.3, 0.4) is 0 Å². The molecule has 4 aromatic rings. The first-order valence-electron chi connectivity index (χ1n) is 11.7. The lowest BCUT2D eigenvalue weighted by Gasteiger charge is -2.31. The average molecular weight is 541 g/mol. The Balaban J connectivity index is 1.43. The Hall–Kier alpha value is -4.56. The molecule has 0 radical (unpaired) electrons. The maximum atomic E-state index is 13.0. The predicted molar refractivity (Wildman–Crippen MR) is 132 cm³/mol. The van der Waals surface area contributed by atoms with Crippen LogP contribution < -0.4 is 11.1 Å². The van der Waals surface area contributed by atoms with Crippen LogP contribution in [0.15, 0.2) is 55.0 Å². The van der Waals surface area contributed by atoms with Crippen molar-refractivity contribution >= 4 is 29.0 Å². The van der Waals surface area contributed by atoms with Crippen LogP contribution in [-0.4, -0.2) is 67.5 Å². The number of rotatable bonds is 5. The molecule has 11 nitrogen and oxygen atoms in total. The Labute approximate surface area is 219 Å². The number of nitrogen functional groups attached to an aromatic ring is 1. The highest BCUT2D eigenvalue weighted by Crippen LogP contribution is 2.33. The van der Waals surface area contributed by atoms with Gasteiger partial charge in [-0.3, -0.25) is 14.0 Å². The molecule has 202 valence electrons. The Morgan fingerprint density at radius 3 is 2.64 bits per heavy atom. The number of benzene rings is 1. The lowest BCUT2D eigenvalue weighted by molar-refractivity contribution is -0.142. The number of aromatic nitrogens is 4. The molecule has 4 N–H and O–H groups in total. The van der Waals surface area contributed by atoms with E-state index in [9.17, 15) is 27.9 Å². The van der Waals surface area contributed by atoms with E-state index >= 15 is 0 Å². The maximum Gasteiger partial charge on any atom is 0.416 e. The number of fused-ring (bicyclic) bond motifs is 1. The highest BCUT2D eigenvalue weighted by molar-refractivity contribution is 6.04. The summed E-state index contributed by atoms with van der Waals surface area (Å²) in [6.07, 6.45) is -1.02. The zero-order valence-electron chi connectivity index (χ0n) is 20.2. The zero-order valence-corrected chi connectivity index (χ0v) is 20.2. The van der Waals surface area contributed by atoms with E-state index in [1.54, 1.807) is 22.7 Å². The fourth-order valence-electron chi connectivity index (χ4n) is 4.29. The monoisotopic (exact) mass is 541 g/mol. The first kappa shape index (κ1) is 26.1. The van der Waals surface area contributed by atoms with Gasteiger partial charge in [0.2, 0.25) is 5.91 Å². The molecule has 0 saturated carbocycles. The first-order chi connectivity index (χ1) is 18.7. The smallest absolute Gasteiger partial charge is 0.387 e. The third-order valence-electron chi connectivity index (χ3n) is 6.20. The number of hydrogen-bond donors (Lipinski definition) is 3. The average Bonchev–Trinajstić information content (AvgIpc) is 3.33. The van der Waals surface area contributed by atoms with Crippen LogP contribution in [0.1, 0.15) is 27.8 Å². The molecule has 0 aliphatic carbocycles. The third-order valence-corrected chi connectivity index (χ3v) is 6.20. The second-order valence-corrected chi connectivity index (χ2v) is 8.67. The molecule has 14 heteroatoms. The van der Waals surface area contributed by atoms with Gasteiger partial charge in [0.1, 0.15) is 41.4 Å². The van der Waals surface area contributed by atoms with Crippen molar-refractivity contribution < 1.29 is 32.6 Å². The number of carbonyl (C=O) groups excluding carboxylic acids is 2. The lowest BCUT2D eigenvalue weighted by Crippen LogP contribution is -2.43. The van der Waals surface area contributed by atoms with E-state index in [0.29, 0.717) is 29.1 Å². The molecule has 0 spiro atoms. The molecule has 1 aliphatic heterocycles. The number of nitrogens with two attached hydrogens (primary N) is 1. The van der Waals surface area contributed by atoms with Gasteiger partial charge in [0.05, 0.1) is 18.7 Å². The van der Waals surface area contributed by atoms with Crippen LogP contribution in [0.25, 0.3) is 16.8 Å². The molecule has 0 bridgehead atoms. The number of amides is 2. The van der Waals surface area contributed by atoms with Gasteiger partial charge in [0.15, 0.2) is 0 Å². The molecule has 0 unspecified atom stereocenters. The van der Waals surface area contributed by atoms with Gasteiger partial charge in [0, 0.05) is 36.3 Å². The number of aliphatic hydroxyl groups is 1. The molecular formula is C25H22F3N7O4. The molecule has 5 rings (SSSR count). The van der Waals surface area contributed by atoms with E-state index in [4.69, 9.17) is 15.5 Å². The summed E-state index contributed by atoms with van der Waals surface area (Å²) in [5.41, 5.74) is 6.97. The van der Waals surface area contributed by atoms with E-state index in [1.807, 2.05) is 0 Å². The molecule has 1 saturated heterocycles. The summed E-state index contributed by atoms with van der Waals surface area (Å²) in [5, 5.41) is 11.6. The number of alkyl halides is 3. The number of anilines is 2. The number of ether oxygens (including phenoxy) is 1. The van der Waals surface area contributed by atoms with Gasteiger partial charge in [-0.15, -0.1) is 0 Å². The molecule has 3 aromatic heterocycles. The van der Waals surface area contributed by atoms with Crippen molar-refractivity contribution in [2.45, 2.75) is 12.3 Å². The quantitative estimate of drug-likeness (QED) is 0.349. The minimum absolute atomic E-state index is 0.182. The zero-order chi connectivity index (χ0) is 27.7. The number of carbonyl (C=O) groups is 2. The largest absolute Gasteiger partial charge is 0.416 e. The second-order valence-electron chi connectivity index (χ2n) is 8.67. The summed E-state index contributed by atoms with van der Waals surface area (Å²) in [7, 11) is 0. The van der Waals surface area contributed by atoms with E-state index < -0.39 is 36.3 Å². The Morgan fingerprint density at radius 2 is 1.92 bits per heavy atom. The molecule has 2 amide bonds. The minimum atomic E-state index is -4.57. The number of aliphatic hydroxyl groups excluding tert-OH is 1. The first-order valence-corrected chi connectivity index (χ1v) is 11.7. The van der Waals surface area contributed by atoms with Gasteiger partial charge in [0.25, 0.3) is 5.91 Å². The van der Waals surface area contributed by atoms with Crippen LogP contribution in [-0.2, 0) is 15.7 Å². The van der Waals surface area contributed by atoms with Crippen molar-refractivity contribution in [3.8, 4) is 11.3 Å². The molecule has 39 heavy (non-hydrogen) atoms. The third kappa shape index (κ3) is 5.24. The van der Waals surface area contributed by atoms with Crippen LogP contribution in [0.5, 0.6) is 0 Å². The number of nitrogens with zero attached hydrogens (tertiary/aromatic N) is 5. The number of halogens is 3. The van der Waals surface area contributed by atoms with Crippen molar-refractivity contribution in [2.75, 3.05) is 37.4 Å². The minimum Gasteiger partial charge on any atom is -0.387 e. The second kappa shape index (κ2) is 10.3. The number of nitrogens with one attached hydrogen (secondary N) is 1. The molecule has 1 atom stereocenters. The van der Waals surface area contributed by atoms with Crippen LogP contribution >= 0.6 is 0 Å². The normalized spacial score (nSPS) is 15.9. The fraction of sp³-hybridized carbons (Fsp3) is 0.240. The highest BCUT2D eigenvalue weighted by atomic mass is 19.4. The lowest BCUT2D eigenvalue weighted by atomic mass is 10.1. The summed E-state index contributed by atoms with van der Waals surface area (Å²) < 4.78 is 46.5. The van der Waals surface area contributed by atoms with E-state index in [0.717, 1.165) is 18.3 Å². The van der Waals surface area contributed by atoms with Gasteiger partial charge < -0.3 is 25.8 Å². The van der Waals surface area contributed by atoms with Gasteiger partial charge in [-0.1, -0.05) is 12.1 Å². The van der Waals surface area contributed by atoms with Crippen molar-refractivity contribution in [2.24, 2.45) is 0 Å². The van der Waals surface area contributed by atoms with Crippen LogP contribution in [0.4, 0.5) is 24.8 Å². The summed E-state index contributed by atoms with van der Waals surface area (Å²) in [5.74, 6) is -0.623. The maximum absolute atomic E-state index is 13.0. The molecule has 1 aliphatic rings. The molecule has 4 heterocycles. The van der Waals surface area contributed by atoms with Crippen LogP contribution in [0.2, 0.25) is 0 Å². The van der Waals surface area contributed by atoms with Gasteiger partial charge in [-0.2, -0.15) is 13.2 Å². The summed E-state index contributed by atoms with van der Waals surface area (Å²) >= 11 is 0. The fourth-order valence-corrected chi connectivity index (χ4v) is 4.29. The Bertz CT molecular complexity index is 1540. The molecule has 1 fully saturated rings.